The Labute approximate surface area is 111 Å². The van der Waals surface area contributed by atoms with Gasteiger partial charge in [0.25, 0.3) is 5.91 Å². The molecule has 1 aromatic rings. The van der Waals surface area contributed by atoms with Gasteiger partial charge in [0, 0.05) is 11.8 Å². The second-order valence-corrected chi connectivity index (χ2v) is 3.36. The maximum Gasteiger partial charge on any atom is 0.255 e. The van der Waals surface area contributed by atoms with Crippen LogP contribution in [0.4, 0.5) is 5.69 Å². The number of rotatable bonds is 6. The number of primary amides is 1. The van der Waals surface area contributed by atoms with Gasteiger partial charge in [-0.1, -0.05) is 6.07 Å². The Bertz CT molecular complexity index is 412. The number of likely N-dealkylation sites (N-methyl/N-ethyl adjacent to an activating group) is 1. The Hall–Kier alpha value is -1.79. The summed E-state index contributed by atoms with van der Waals surface area (Å²) in [6.07, 6.45) is 0. The van der Waals surface area contributed by atoms with Crippen LogP contribution in [-0.2, 0) is 9.59 Å². The predicted octanol–water partition coefficient (Wildman–Crippen LogP) is 0.130. The summed E-state index contributed by atoms with van der Waals surface area (Å²) >= 11 is 0. The summed E-state index contributed by atoms with van der Waals surface area (Å²) in [6.45, 7) is 0.0420. The molecule has 0 saturated heterocycles. The van der Waals surface area contributed by atoms with E-state index in [2.05, 4.69) is 10.6 Å². The van der Waals surface area contributed by atoms with Crippen molar-refractivity contribution in [2.45, 2.75) is 0 Å². The molecule has 0 unspecified atom stereocenters. The van der Waals surface area contributed by atoms with Crippen LogP contribution in [0.25, 0.3) is 0 Å². The molecule has 0 spiro atoms. The second-order valence-electron chi connectivity index (χ2n) is 3.36. The Balaban J connectivity index is 0.00000289. The van der Waals surface area contributed by atoms with Gasteiger partial charge in [-0.05, 0) is 19.2 Å². The number of carbonyl (C=O) groups is 2. The molecule has 0 bridgehead atoms. The van der Waals surface area contributed by atoms with E-state index in [1.165, 1.54) is 0 Å². The molecule has 1 aromatic carbocycles. The first-order chi connectivity index (χ1) is 8.11. The van der Waals surface area contributed by atoms with Gasteiger partial charge in [-0.25, -0.2) is 0 Å². The fraction of sp³-hybridized carbons (Fsp3) is 0.273. The molecule has 7 heteroatoms. The Morgan fingerprint density at radius 3 is 2.72 bits per heavy atom. The van der Waals surface area contributed by atoms with Crippen LogP contribution in [0.3, 0.4) is 0 Å². The van der Waals surface area contributed by atoms with Crippen LogP contribution in [0.15, 0.2) is 24.3 Å². The number of carbonyl (C=O) groups excluding carboxylic acids is 2. The van der Waals surface area contributed by atoms with Crippen LogP contribution in [0.1, 0.15) is 0 Å². The summed E-state index contributed by atoms with van der Waals surface area (Å²) in [6, 6.07) is 6.74. The Morgan fingerprint density at radius 2 is 2.11 bits per heavy atom. The van der Waals surface area contributed by atoms with E-state index in [4.69, 9.17) is 10.5 Å². The van der Waals surface area contributed by atoms with Crippen molar-refractivity contribution in [2.75, 3.05) is 25.5 Å². The van der Waals surface area contributed by atoms with Gasteiger partial charge in [-0.15, -0.1) is 12.4 Å². The highest BCUT2D eigenvalue weighted by molar-refractivity contribution is 5.92. The van der Waals surface area contributed by atoms with E-state index in [9.17, 15) is 9.59 Å². The van der Waals surface area contributed by atoms with Gasteiger partial charge < -0.3 is 21.1 Å². The van der Waals surface area contributed by atoms with Gasteiger partial charge in [0.15, 0.2) is 6.61 Å². The molecule has 0 aliphatic rings. The smallest absolute Gasteiger partial charge is 0.255 e. The molecule has 0 radical (unpaired) electrons. The monoisotopic (exact) mass is 273 g/mol. The second kappa shape index (κ2) is 8.32. The van der Waals surface area contributed by atoms with Crippen LogP contribution in [0.2, 0.25) is 0 Å². The molecule has 0 aliphatic heterocycles. The highest BCUT2D eigenvalue weighted by Crippen LogP contribution is 2.16. The van der Waals surface area contributed by atoms with Gasteiger partial charge >= 0.3 is 0 Å². The zero-order valence-electron chi connectivity index (χ0n) is 9.93. The maximum absolute atomic E-state index is 11.3. The SMILES string of the molecule is CNCC(=O)Nc1cccc(OCC(N)=O)c1.Cl. The predicted molar refractivity (Wildman–Crippen MR) is 70.9 cm³/mol. The summed E-state index contributed by atoms with van der Waals surface area (Å²) in [5.74, 6) is -0.222. The number of benzene rings is 1. The average Bonchev–Trinajstić information content (AvgIpc) is 2.27. The van der Waals surface area contributed by atoms with Crippen molar-refractivity contribution in [3.63, 3.8) is 0 Å². The number of nitrogens with two attached hydrogens (primary N) is 1. The third kappa shape index (κ3) is 6.07. The Kier molecular flexibility index (Phi) is 7.50. The van der Waals surface area contributed by atoms with Crippen molar-refractivity contribution in [1.29, 1.82) is 0 Å². The van der Waals surface area contributed by atoms with Gasteiger partial charge in [0.1, 0.15) is 5.75 Å². The van der Waals surface area contributed by atoms with E-state index in [0.717, 1.165) is 0 Å². The highest BCUT2D eigenvalue weighted by atomic mass is 35.5. The molecule has 4 N–H and O–H groups in total. The molecule has 0 heterocycles. The number of anilines is 1. The number of hydrogen-bond acceptors (Lipinski definition) is 4. The van der Waals surface area contributed by atoms with E-state index >= 15 is 0 Å². The summed E-state index contributed by atoms with van der Waals surface area (Å²) < 4.78 is 5.11. The number of halogens is 1. The third-order valence-electron chi connectivity index (χ3n) is 1.84. The van der Waals surface area contributed by atoms with Crippen molar-refractivity contribution in [1.82, 2.24) is 5.32 Å². The first-order valence-electron chi connectivity index (χ1n) is 5.07. The summed E-state index contributed by atoms with van der Waals surface area (Å²) in [4.78, 5) is 21.8. The molecule has 0 aliphatic carbocycles. The molecule has 18 heavy (non-hydrogen) atoms. The molecule has 100 valence electrons. The fourth-order valence-corrected chi connectivity index (χ4v) is 1.18. The van der Waals surface area contributed by atoms with Gasteiger partial charge in [0.05, 0.1) is 6.54 Å². The molecule has 0 aromatic heterocycles. The number of nitrogens with one attached hydrogen (secondary N) is 2. The average molecular weight is 274 g/mol. The van der Waals surface area contributed by atoms with E-state index < -0.39 is 5.91 Å². The van der Waals surface area contributed by atoms with E-state index in [0.29, 0.717) is 11.4 Å². The highest BCUT2D eigenvalue weighted by Gasteiger charge is 2.02. The summed E-state index contributed by atoms with van der Waals surface area (Å²) in [5, 5.41) is 5.41. The standard InChI is InChI=1S/C11H15N3O3.ClH/c1-13-6-11(16)14-8-3-2-4-9(5-8)17-7-10(12)15;/h2-5,13H,6-7H2,1H3,(H2,12,15)(H,14,16);1H. The molecule has 0 fully saturated rings. The van der Waals surface area contributed by atoms with Crippen molar-refractivity contribution >= 4 is 29.9 Å². The maximum atomic E-state index is 11.3. The van der Waals surface area contributed by atoms with Crippen LogP contribution in [0, 0.1) is 0 Å². The zero-order valence-corrected chi connectivity index (χ0v) is 10.8. The first-order valence-corrected chi connectivity index (χ1v) is 5.07. The molecule has 6 nitrogen and oxygen atoms in total. The zero-order chi connectivity index (χ0) is 12.7. The minimum absolute atomic E-state index is 0. The van der Waals surface area contributed by atoms with Crippen LogP contribution >= 0.6 is 12.4 Å². The minimum Gasteiger partial charge on any atom is -0.484 e. The van der Waals surface area contributed by atoms with Crippen LogP contribution < -0.4 is 21.1 Å². The van der Waals surface area contributed by atoms with Crippen molar-refractivity contribution in [2.24, 2.45) is 5.73 Å². The first kappa shape index (κ1) is 16.2. The normalized spacial score (nSPS) is 9.17. The lowest BCUT2D eigenvalue weighted by Crippen LogP contribution is -2.25. The lowest BCUT2D eigenvalue weighted by Gasteiger charge is -2.07. The van der Waals surface area contributed by atoms with Crippen molar-refractivity contribution in [3.8, 4) is 5.75 Å². The molecule has 2 amide bonds. The molecule has 0 atom stereocenters. The summed E-state index contributed by atoms with van der Waals surface area (Å²) in [7, 11) is 1.69. The molecular formula is C11H16ClN3O3. The van der Waals surface area contributed by atoms with Crippen molar-refractivity contribution < 1.29 is 14.3 Å². The number of amides is 2. The van der Waals surface area contributed by atoms with E-state index in [-0.39, 0.29) is 31.5 Å². The lowest BCUT2D eigenvalue weighted by atomic mass is 10.3. The van der Waals surface area contributed by atoms with Crippen molar-refractivity contribution in [3.05, 3.63) is 24.3 Å². The third-order valence-corrected chi connectivity index (χ3v) is 1.84. The van der Waals surface area contributed by atoms with E-state index in [1.807, 2.05) is 0 Å². The van der Waals surface area contributed by atoms with Gasteiger partial charge in [0.2, 0.25) is 5.91 Å². The number of hydrogen-bond donors (Lipinski definition) is 3. The fourth-order valence-electron chi connectivity index (χ4n) is 1.18. The topological polar surface area (TPSA) is 93.4 Å². The summed E-state index contributed by atoms with van der Waals surface area (Å²) in [5.41, 5.74) is 5.56. The van der Waals surface area contributed by atoms with Crippen LogP contribution in [0.5, 0.6) is 5.75 Å². The minimum atomic E-state index is -0.547. The number of ether oxygens (including phenoxy) is 1. The lowest BCUT2D eigenvalue weighted by molar-refractivity contribution is -0.120. The Morgan fingerprint density at radius 1 is 1.39 bits per heavy atom. The van der Waals surface area contributed by atoms with E-state index in [1.54, 1.807) is 31.3 Å². The van der Waals surface area contributed by atoms with Crippen LogP contribution in [-0.4, -0.2) is 32.0 Å². The molecule has 1 rings (SSSR count). The molecule has 0 saturated carbocycles. The quantitative estimate of drug-likeness (QED) is 0.687. The largest absolute Gasteiger partial charge is 0.484 e. The van der Waals surface area contributed by atoms with Gasteiger partial charge in [-0.3, -0.25) is 9.59 Å². The molecular weight excluding hydrogens is 258 g/mol. The van der Waals surface area contributed by atoms with Gasteiger partial charge in [-0.2, -0.15) is 0 Å².